The van der Waals surface area contributed by atoms with Crippen LogP contribution >= 0.6 is 11.6 Å². The number of anilines is 1. The first kappa shape index (κ1) is 60.2. The lowest BCUT2D eigenvalue weighted by molar-refractivity contribution is -0.145. The van der Waals surface area contributed by atoms with Crippen molar-refractivity contribution in [1.29, 1.82) is 0 Å². The number of terminal acetylenes is 1. The van der Waals surface area contributed by atoms with Gasteiger partial charge in [-0.25, -0.2) is 8.78 Å². The number of piperidine rings is 1. The van der Waals surface area contributed by atoms with Crippen molar-refractivity contribution in [2.45, 2.75) is 134 Å². The molecule has 6 heterocycles. The van der Waals surface area contributed by atoms with Crippen molar-refractivity contribution >= 4 is 56.8 Å². The zero-order valence-corrected chi connectivity index (χ0v) is 50.2. The molecule has 4 aromatic carbocycles. The van der Waals surface area contributed by atoms with Crippen LogP contribution in [0.4, 0.5) is 14.6 Å². The molecular formula is C67H76ClF2N9O8. The van der Waals surface area contributed by atoms with Crippen LogP contribution in [0.25, 0.3) is 44.1 Å². The van der Waals surface area contributed by atoms with Crippen LogP contribution < -0.4 is 25.6 Å². The molecular weight excluding hydrogens is 1130 g/mol. The van der Waals surface area contributed by atoms with Gasteiger partial charge in [0.25, 0.3) is 0 Å². The maximum absolute atomic E-state index is 17.2. The van der Waals surface area contributed by atoms with E-state index < -0.39 is 65.6 Å². The van der Waals surface area contributed by atoms with Gasteiger partial charge in [0, 0.05) is 77.8 Å². The third-order valence-corrected chi connectivity index (χ3v) is 19.6. The van der Waals surface area contributed by atoms with Crippen LogP contribution in [0.15, 0.2) is 79.0 Å². The number of benzene rings is 4. The Labute approximate surface area is 510 Å². The van der Waals surface area contributed by atoms with Crippen LogP contribution in [0.2, 0.25) is 5.02 Å². The van der Waals surface area contributed by atoms with Gasteiger partial charge in [0.1, 0.15) is 47.3 Å². The molecule has 3 amide bonds. The molecule has 6 N–H and O–H groups in total. The summed E-state index contributed by atoms with van der Waals surface area (Å²) in [5.74, 6) is -0.0418. The number of β-amino-alcohol motifs (C(OH)–C–C–N with tert-alkyl or cyclic N) is 1. The molecule has 458 valence electrons. The van der Waals surface area contributed by atoms with E-state index in [0.29, 0.717) is 46.9 Å². The van der Waals surface area contributed by atoms with E-state index in [1.54, 1.807) is 12.3 Å². The van der Waals surface area contributed by atoms with Gasteiger partial charge in [0.15, 0.2) is 5.82 Å². The van der Waals surface area contributed by atoms with E-state index in [1.165, 1.54) is 29.2 Å². The quantitative estimate of drug-likeness (QED) is 0.0472. The Hall–Kier alpha value is -7.05. The lowest BCUT2D eigenvalue weighted by Crippen LogP contribution is -2.58. The highest BCUT2D eigenvalue weighted by molar-refractivity contribution is 6.33. The smallest absolute Gasteiger partial charge is 0.319 e. The number of piperazine rings is 1. The highest BCUT2D eigenvalue weighted by Gasteiger charge is 2.48. The van der Waals surface area contributed by atoms with Crippen LogP contribution in [-0.4, -0.2) is 153 Å². The van der Waals surface area contributed by atoms with Crippen LogP contribution in [0.1, 0.15) is 109 Å². The Morgan fingerprint density at radius 2 is 1.63 bits per heavy atom. The number of carbonyl (C=O) groups excluding carboxylic acids is 3. The number of aliphatic hydroxyl groups is 2. The van der Waals surface area contributed by atoms with Gasteiger partial charge in [-0.15, -0.1) is 6.42 Å². The minimum absolute atomic E-state index is 0.00415. The first-order chi connectivity index (χ1) is 41.8. The number of likely N-dealkylation sites (tertiary alicyclic amines) is 2. The summed E-state index contributed by atoms with van der Waals surface area (Å²) in [6.07, 6.45) is 15.9. The molecule has 6 aromatic rings. The van der Waals surface area contributed by atoms with Crippen molar-refractivity contribution < 1.29 is 48.0 Å². The molecule has 12 rings (SSSR count). The largest absolute Gasteiger partial charge is 0.508 e. The van der Waals surface area contributed by atoms with Crippen molar-refractivity contribution in [2.24, 2.45) is 16.2 Å². The molecule has 20 heteroatoms. The van der Waals surface area contributed by atoms with Crippen molar-refractivity contribution in [3.05, 3.63) is 107 Å². The van der Waals surface area contributed by atoms with Crippen molar-refractivity contribution in [3.63, 3.8) is 0 Å². The van der Waals surface area contributed by atoms with E-state index in [9.17, 15) is 29.7 Å². The van der Waals surface area contributed by atoms with E-state index >= 15 is 8.78 Å². The van der Waals surface area contributed by atoms with Gasteiger partial charge in [-0.3, -0.25) is 19.4 Å². The van der Waals surface area contributed by atoms with Gasteiger partial charge in [-0.2, -0.15) is 9.97 Å². The van der Waals surface area contributed by atoms with Crippen molar-refractivity contribution in [3.8, 4) is 46.5 Å². The fourth-order valence-electron chi connectivity index (χ4n) is 14.1. The Balaban J connectivity index is 0.638. The number of rotatable bonds is 17. The number of aromatic nitrogens is 3. The summed E-state index contributed by atoms with van der Waals surface area (Å²) < 4.78 is 45.1. The van der Waals surface area contributed by atoms with E-state index in [1.807, 2.05) is 63.2 Å². The maximum Gasteiger partial charge on any atom is 0.319 e. The second kappa shape index (κ2) is 24.5. The number of nitrogens with zero attached hydrogens (tertiary/aromatic N) is 6. The Morgan fingerprint density at radius 3 is 2.31 bits per heavy atom. The number of phenolic OH excluding ortho intramolecular Hbond substituents is 1. The van der Waals surface area contributed by atoms with E-state index in [2.05, 4.69) is 36.7 Å². The molecule has 2 saturated carbocycles. The molecule has 4 saturated heterocycles. The summed E-state index contributed by atoms with van der Waals surface area (Å²) in [4.78, 5) is 62.3. The van der Waals surface area contributed by atoms with Crippen LogP contribution in [-0.2, 0) is 19.1 Å². The molecule has 6 fully saturated rings. The fraction of sp³-hybridized carbons (Fsp3) is 0.493. The van der Waals surface area contributed by atoms with Gasteiger partial charge in [-0.1, -0.05) is 86.8 Å². The SMILES string of the molecule is C#Cc1c(F)ccc2cc(O)cc(-c3ncc4c(N5CC6CCC(C5)N6)nc(OCC5(CN6CCC7(CCC(OCC(=O)N[C@H](C(=O)N8C[C@H](O)C[C@H]8C(=O)N[C@@H](CO)c8ccc(-c9ccccc9Cl)cc8)C(C)(C)C)CC7)CC6)CC5)nc4c3F)c12. The number of fused-ring (bicyclic) bond motifs is 4. The molecule has 87 heavy (non-hydrogen) atoms. The molecule has 6 aliphatic rings. The van der Waals surface area contributed by atoms with E-state index in [4.69, 9.17) is 37.5 Å². The summed E-state index contributed by atoms with van der Waals surface area (Å²) in [6.45, 7) is 9.25. The number of carbonyl (C=O) groups is 3. The normalized spacial score (nSPS) is 22.5. The number of halogens is 3. The van der Waals surface area contributed by atoms with Gasteiger partial charge in [-0.05, 0) is 129 Å². The zero-order valence-electron chi connectivity index (χ0n) is 49.5. The molecule has 2 aromatic heterocycles. The molecule has 0 radical (unpaired) electrons. The monoisotopic (exact) mass is 1210 g/mol. The number of amides is 3. The Morgan fingerprint density at radius 1 is 0.908 bits per heavy atom. The molecule has 2 unspecified atom stereocenters. The summed E-state index contributed by atoms with van der Waals surface area (Å²) in [7, 11) is 0. The second-order valence-corrected chi connectivity index (χ2v) is 26.8. The first-order valence-electron chi connectivity index (χ1n) is 30.6. The number of nitrogens with one attached hydrogen (secondary N) is 3. The summed E-state index contributed by atoms with van der Waals surface area (Å²) in [6, 6.07) is 18.1. The van der Waals surface area contributed by atoms with Gasteiger partial charge < -0.3 is 55.4 Å². The minimum atomic E-state index is -1.03. The Bertz CT molecular complexity index is 3620. The highest BCUT2D eigenvalue weighted by atomic mass is 35.5. The average molecular weight is 1210 g/mol. The first-order valence-corrected chi connectivity index (χ1v) is 31.0. The highest BCUT2D eigenvalue weighted by Crippen LogP contribution is 2.50. The number of aliphatic hydroxyl groups excluding tert-OH is 2. The molecule has 17 nitrogen and oxygen atoms in total. The second-order valence-electron chi connectivity index (χ2n) is 26.4. The molecule has 6 atom stereocenters. The summed E-state index contributed by atoms with van der Waals surface area (Å²) in [5, 5.41) is 43.1. The minimum Gasteiger partial charge on any atom is -0.508 e. The van der Waals surface area contributed by atoms with E-state index in [-0.39, 0.29) is 88.1 Å². The number of aromatic hydroxyl groups is 1. The average Bonchev–Trinajstić information content (AvgIpc) is 2.03. The fourth-order valence-corrected chi connectivity index (χ4v) is 14.4. The standard InChI is InChI=1S/C67H76ClF2N9O8/c1-5-47-52(69)17-14-41-28-44(81)29-49(56(41)47)58-57(70)59-50(31-71-58)61(78-32-42-15-16-43(33-78)72-42)76-64(75-59)87-38-67(22-23-67)37-77-26-24-66(25-27-77)20-18-46(19-21-66)86-36-55(83)74-60(65(2,3)4)63(85)79-34-45(82)30-54(79)62(84)73-53(35-80)40-12-10-39(11-13-40)48-8-6-7-9-51(48)68/h1,6-14,17,28-29,31,42-43,45-46,53-54,60,72,80-82H,15-16,18-27,30,32-38H2,2-4H3,(H,73,84)(H,74,83)/t42?,43?,45-,53+,54+,60-/m1/s1. The Kier molecular flexibility index (Phi) is 17.0. The number of pyridine rings is 1. The van der Waals surface area contributed by atoms with Gasteiger partial charge in [0.2, 0.25) is 17.7 Å². The molecule has 2 bridgehead atoms. The number of ether oxygens (including phenoxy) is 2. The summed E-state index contributed by atoms with van der Waals surface area (Å²) >= 11 is 6.42. The lowest BCUT2D eigenvalue weighted by atomic mass is 9.67. The maximum atomic E-state index is 17.2. The lowest BCUT2D eigenvalue weighted by Gasteiger charge is -2.46. The number of hydrogen-bond donors (Lipinski definition) is 6. The number of phenols is 1. The number of hydrogen-bond acceptors (Lipinski definition) is 14. The van der Waals surface area contributed by atoms with Crippen molar-refractivity contribution in [1.82, 2.24) is 40.7 Å². The van der Waals surface area contributed by atoms with Crippen molar-refractivity contribution in [2.75, 3.05) is 64.0 Å². The van der Waals surface area contributed by atoms with Crippen LogP contribution in [0, 0.1) is 40.2 Å². The molecule has 4 aliphatic heterocycles. The van der Waals surface area contributed by atoms with Gasteiger partial charge >= 0.3 is 6.01 Å². The van der Waals surface area contributed by atoms with Gasteiger partial charge in [0.05, 0.1) is 42.4 Å². The zero-order chi connectivity index (χ0) is 60.9. The summed E-state index contributed by atoms with van der Waals surface area (Å²) in [5.41, 5.74) is 1.66. The third kappa shape index (κ3) is 12.7. The topological polar surface area (TPSA) is 215 Å². The van der Waals surface area contributed by atoms with Crippen LogP contribution in [0.3, 0.4) is 0 Å². The molecule has 1 spiro atoms. The third-order valence-electron chi connectivity index (χ3n) is 19.3. The van der Waals surface area contributed by atoms with Crippen LogP contribution in [0.5, 0.6) is 11.8 Å². The predicted octanol–water partition coefficient (Wildman–Crippen LogP) is 8.61. The molecule has 2 aliphatic carbocycles. The predicted molar refractivity (Wildman–Crippen MR) is 328 cm³/mol. The van der Waals surface area contributed by atoms with E-state index in [0.717, 1.165) is 95.0 Å².